The second-order valence-corrected chi connectivity index (χ2v) is 11.3. The van der Waals surface area contributed by atoms with Gasteiger partial charge in [-0.1, -0.05) is 6.92 Å². The van der Waals surface area contributed by atoms with Crippen molar-refractivity contribution in [1.82, 2.24) is 19.6 Å². The van der Waals surface area contributed by atoms with Crippen molar-refractivity contribution in [1.29, 1.82) is 5.26 Å². The summed E-state index contributed by atoms with van der Waals surface area (Å²) in [6, 6.07) is 2.77. The molecule has 3 heterocycles. The highest BCUT2D eigenvalue weighted by molar-refractivity contribution is 7.56. The maximum atomic E-state index is 15.8. The number of imidazole rings is 1. The van der Waals surface area contributed by atoms with E-state index in [-0.39, 0.29) is 19.1 Å². The largest absolute Gasteiger partial charge is 0.494 e. The Labute approximate surface area is 203 Å². The Hall–Kier alpha value is -2.58. The number of methoxy groups -OCH3 is 1. The number of aromatic nitrogens is 3. The van der Waals surface area contributed by atoms with Gasteiger partial charge in [-0.3, -0.25) is 13.9 Å². The number of nitrogens with zero attached hydrogens (tertiary/aromatic N) is 4. The number of nitriles is 1. The standard InChI is InChI=1S/C22H31FN5O6P/c1-13(2)33-21(29)14(3)27-35(6,30)32-11-16-22(4,8-9-24)18(23)20(34-16)28-12-26-17-15(31-5)7-10-25-19(17)28/h7,10,12-14,16,18,20H,8,11H2,1-6H3,(H,27,30)/t14-,16+,18?,20+,22-,35?/m0/s1. The molecular formula is C22H31FN5O6P. The van der Waals surface area contributed by atoms with Gasteiger partial charge in [-0.25, -0.2) is 19.4 Å². The Morgan fingerprint density at radius 3 is 2.77 bits per heavy atom. The first-order valence-corrected chi connectivity index (χ1v) is 13.2. The van der Waals surface area contributed by atoms with Crippen LogP contribution in [0, 0.1) is 16.7 Å². The minimum Gasteiger partial charge on any atom is -0.494 e. The monoisotopic (exact) mass is 511 g/mol. The van der Waals surface area contributed by atoms with Crippen LogP contribution >= 0.6 is 7.52 Å². The highest BCUT2D eigenvalue weighted by Crippen LogP contribution is 2.50. The summed E-state index contributed by atoms with van der Waals surface area (Å²) in [6.07, 6.45) is -1.25. The molecule has 11 nitrogen and oxygen atoms in total. The average molecular weight is 511 g/mol. The minimum absolute atomic E-state index is 0.166. The summed E-state index contributed by atoms with van der Waals surface area (Å²) in [5, 5.41) is 12.0. The number of nitrogens with one attached hydrogen (secondary N) is 1. The third-order valence-corrected chi connectivity index (χ3v) is 7.40. The van der Waals surface area contributed by atoms with Crippen LogP contribution in [0.5, 0.6) is 5.75 Å². The SMILES string of the molecule is COc1ccnc2c1ncn2[C@@H]1O[C@H](COP(C)(=O)N[C@@H](C)C(=O)OC(C)C)[C@](C)(CC#N)C1F. The third-order valence-electron chi connectivity index (χ3n) is 5.90. The molecule has 0 bridgehead atoms. The van der Waals surface area contributed by atoms with Crippen LogP contribution in [0.25, 0.3) is 11.2 Å². The van der Waals surface area contributed by atoms with Crippen LogP contribution in [0.1, 0.15) is 40.3 Å². The van der Waals surface area contributed by atoms with Crippen molar-refractivity contribution in [3.05, 3.63) is 18.6 Å². The van der Waals surface area contributed by atoms with Gasteiger partial charge in [0.1, 0.15) is 17.3 Å². The lowest BCUT2D eigenvalue weighted by Gasteiger charge is -2.29. The number of rotatable bonds is 10. The van der Waals surface area contributed by atoms with Crippen molar-refractivity contribution in [3.8, 4) is 11.8 Å². The second kappa shape index (κ2) is 10.6. The van der Waals surface area contributed by atoms with E-state index >= 15 is 4.39 Å². The van der Waals surface area contributed by atoms with Gasteiger partial charge >= 0.3 is 5.97 Å². The van der Waals surface area contributed by atoms with Crippen LogP contribution in [-0.2, 0) is 23.4 Å². The van der Waals surface area contributed by atoms with Gasteiger partial charge in [0.25, 0.3) is 7.52 Å². The van der Waals surface area contributed by atoms with E-state index in [1.165, 1.54) is 37.8 Å². The Bertz CT molecular complexity index is 1150. The second-order valence-electron chi connectivity index (χ2n) is 9.07. The predicted octanol–water partition coefficient (Wildman–Crippen LogP) is 3.36. The minimum atomic E-state index is -3.51. The maximum Gasteiger partial charge on any atom is 0.323 e. The summed E-state index contributed by atoms with van der Waals surface area (Å²) >= 11 is 0. The first kappa shape index (κ1) is 27.0. The van der Waals surface area contributed by atoms with E-state index in [4.69, 9.17) is 18.7 Å². The number of hydrogen-bond acceptors (Lipinski definition) is 9. The average Bonchev–Trinajstić information content (AvgIpc) is 3.31. The fourth-order valence-corrected chi connectivity index (χ4v) is 5.26. The third kappa shape index (κ3) is 5.64. The van der Waals surface area contributed by atoms with Gasteiger partial charge in [-0.15, -0.1) is 0 Å². The maximum absolute atomic E-state index is 15.8. The van der Waals surface area contributed by atoms with Crippen molar-refractivity contribution in [2.75, 3.05) is 20.4 Å². The molecule has 2 aromatic heterocycles. The summed E-state index contributed by atoms with van der Waals surface area (Å²) < 4.78 is 52.3. The van der Waals surface area contributed by atoms with E-state index < -0.39 is 43.4 Å². The van der Waals surface area contributed by atoms with Crippen molar-refractivity contribution >= 4 is 24.7 Å². The Kier molecular flexibility index (Phi) is 8.17. The molecule has 1 aliphatic heterocycles. The van der Waals surface area contributed by atoms with E-state index in [9.17, 15) is 14.6 Å². The molecule has 0 radical (unpaired) electrons. The normalized spacial score (nSPS) is 26.9. The van der Waals surface area contributed by atoms with E-state index in [0.29, 0.717) is 16.9 Å². The van der Waals surface area contributed by atoms with E-state index in [1.54, 1.807) is 26.8 Å². The highest BCUT2D eigenvalue weighted by Gasteiger charge is 2.55. The number of fused-ring (bicyclic) bond motifs is 1. The molecule has 2 aromatic rings. The molecule has 1 fully saturated rings. The van der Waals surface area contributed by atoms with Gasteiger partial charge in [0.2, 0.25) is 0 Å². The topological polar surface area (TPSA) is 138 Å². The Balaban J connectivity index is 1.79. The molecule has 0 saturated carbocycles. The van der Waals surface area contributed by atoms with Gasteiger partial charge in [-0.2, -0.15) is 5.26 Å². The van der Waals surface area contributed by atoms with Crippen LogP contribution in [-0.4, -0.2) is 65.3 Å². The molecule has 0 amide bonds. The zero-order valence-corrected chi connectivity index (χ0v) is 21.5. The fourth-order valence-electron chi connectivity index (χ4n) is 3.96. The van der Waals surface area contributed by atoms with Crippen LogP contribution < -0.4 is 9.82 Å². The molecule has 192 valence electrons. The van der Waals surface area contributed by atoms with Crippen molar-refractivity contribution in [2.45, 2.75) is 64.8 Å². The molecule has 0 aromatic carbocycles. The van der Waals surface area contributed by atoms with Crippen molar-refractivity contribution in [3.63, 3.8) is 0 Å². The van der Waals surface area contributed by atoms with Crippen LogP contribution in [0.3, 0.4) is 0 Å². The van der Waals surface area contributed by atoms with Gasteiger partial charge in [0.15, 0.2) is 18.0 Å². The molecule has 1 aliphatic rings. The van der Waals surface area contributed by atoms with Crippen LogP contribution in [0.15, 0.2) is 18.6 Å². The molecule has 13 heteroatoms. The lowest BCUT2D eigenvalue weighted by atomic mass is 9.79. The van der Waals surface area contributed by atoms with Crippen LogP contribution in [0.2, 0.25) is 0 Å². The summed E-state index contributed by atoms with van der Waals surface area (Å²) in [5.74, 6) is -0.0964. The molecule has 1 saturated heterocycles. The predicted molar refractivity (Wildman–Crippen MR) is 125 cm³/mol. The number of hydrogen-bond donors (Lipinski definition) is 1. The number of halogens is 1. The number of carbonyl (C=O) groups is 1. The molecule has 6 atom stereocenters. The smallest absolute Gasteiger partial charge is 0.323 e. The molecular weight excluding hydrogens is 480 g/mol. The molecule has 0 aliphatic carbocycles. The summed E-state index contributed by atoms with van der Waals surface area (Å²) in [6.45, 7) is 7.55. The van der Waals surface area contributed by atoms with Gasteiger partial charge < -0.3 is 18.7 Å². The summed E-state index contributed by atoms with van der Waals surface area (Å²) in [7, 11) is -2.01. The van der Waals surface area contributed by atoms with Gasteiger partial charge in [-0.05, 0) is 20.8 Å². The molecule has 35 heavy (non-hydrogen) atoms. The van der Waals surface area contributed by atoms with Crippen LogP contribution in [0.4, 0.5) is 4.39 Å². The molecule has 0 spiro atoms. The van der Waals surface area contributed by atoms with Gasteiger partial charge in [0.05, 0.1) is 38.3 Å². The summed E-state index contributed by atoms with van der Waals surface area (Å²) in [4.78, 5) is 20.6. The Morgan fingerprint density at radius 1 is 1.43 bits per heavy atom. The van der Waals surface area contributed by atoms with E-state index in [1.807, 2.05) is 6.07 Å². The van der Waals surface area contributed by atoms with E-state index in [0.717, 1.165) is 0 Å². The first-order chi connectivity index (χ1) is 16.4. The molecule has 3 rings (SSSR count). The number of esters is 1. The lowest BCUT2D eigenvalue weighted by molar-refractivity contribution is -0.149. The zero-order valence-electron chi connectivity index (χ0n) is 20.6. The van der Waals surface area contributed by atoms with E-state index in [2.05, 4.69) is 15.1 Å². The quantitative estimate of drug-likeness (QED) is 0.373. The fraction of sp³-hybridized carbons (Fsp3) is 0.636. The molecule has 1 N–H and O–H groups in total. The van der Waals surface area contributed by atoms with Crippen molar-refractivity contribution in [2.24, 2.45) is 5.41 Å². The first-order valence-electron chi connectivity index (χ1n) is 11.2. The Morgan fingerprint density at radius 2 is 2.14 bits per heavy atom. The zero-order chi connectivity index (χ0) is 26.0. The number of alkyl halides is 1. The van der Waals surface area contributed by atoms with Gasteiger partial charge in [0, 0.05) is 30.8 Å². The van der Waals surface area contributed by atoms with Crippen molar-refractivity contribution < 1.29 is 32.5 Å². The molecule has 2 unspecified atom stereocenters. The highest BCUT2D eigenvalue weighted by atomic mass is 31.2. The number of ether oxygens (including phenoxy) is 3. The number of pyridine rings is 1. The number of carbonyl (C=O) groups excluding carboxylic acids is 1. The lowest BCUT2D eigenvalue weighted by Crippen LogP contribution is -2.39. The summed E-state index contributed by atoms with van der Waals surface area (Å²) in [5.41, 5.74) is -0.466.